The van der Waals surface area contributed by atoms with Crippen LogP contribution in [0.4, 0.5) is 0 Å². The first-order chi connectivity index (χ1) is 9.15. The molecule has 1 amide bonds. The Labute approximate surface area is 125 Å². The Morgan fingerprint density at radius 3 is 2.74 bits per heavy atom. The molecule has 0 bridgehead atoms. The van der Waals surface area contributed by atoms with Crippen LogP contribution in [0, 0.1) is 5.92 Å². The van der Waals surface area contributed by atoms with E-state index >= 15 is 0 Å². The zero-order chi connectivity index (χ0) is 13.4. The van der Waals surface area contributed by atoms with E-state index in [0.29, 0.717) is 12.6 Å². The highest BCUT2D eigenvalue weighted by atomic mass is 79.9. The van der Waals surface area contributed by atoms with Crippen LogP contribution in [-0.4, -0.2) is 28.1 Å². The van der Waals surface area contributed by atoms with Crippen molar-refractivity contribution in [2.45, 2.75) is 50.8 Å². The number of nitrogens with zero attached hydrogens (tertiary/aromatic N) is 1. The van der Waals surface area contributed by atoms with Gasteiger partial charge in [0.2, 0.25) is 5.91 Å². The molecule has 2 fully saturated rings. The first-order valence-electron chi connectivity index (χ1n) is 6.86. The molecule has 2 aliphatic carbocycles. The van der Waals surface area contributed by atoms with E-state index in [-0.39, 0.29) is 11.8 Å². The van der Waals surface area contributed by atoms with E-state index in [0.717, 1.165) is 35.9 Å². The topological polar surface area (TPSA) is 40.5 Å². The van der Waals surface area contributed by atoms with Gasteiger partial charge in [-0.05, 0) is 65.0 Å². The third-order valence-corrected chi connectivity index (χ3v) is 5.60. The molecular weight excluding hydrogens is 326 g/mol. The van der Waals surface area contributed by atoms with Crippen molar-refractivity contribution in [3.63, 3.8) is 0 Å². The van der Waals surface area contributed by atoms with E-state index in [9.17, 15) is 9.90 Å². The Morgan fingerprint density at radius 1 is 1.42 bits per heavy atom. The first kappa shape index (κ1) is 13.6. The SMILES string of the molecule is O=C(C1CCCC1O)N(Cc1csc(Br)c1)C1CC1. The van der Waals surface area contributed by atoms with Gasteiger partial charge in [-0.3, -0.25) is 4.79 Å². The van der Waals surface area contributed by atoms with Crippen LogP contribution in [0.1, 0.15) is 37.7 Å². The molecule has 2 unspecified atom stereocenters. The zero-order valence-corrected chi connectivity index (χ0v) is 13.1. The molecule has 1 N–H and O–H groups in total. The van der Waals surface area contributed by atoms with Gasteiger partial charge in [0.1, 0.15) is 0 Å². The van der Waals surface area contributed by atoms with Gasteiger partial charge in [-0.1, -0.05) is 0 Å². The Bertz CT molecular complexity index is 472. The van der Waals surface area contributed by atoms with Crippen molar-refractivity contribution in [1.29, 1.82) is 0 Å². The maximum absolute atomic E-state index is 12.6. The monoisotopic (exact) mass is 343 g/mol. The average molecular weight is 344 g/mol. The molecule has 19 heavy (non-hydrogen) atoms. The Hall–Kier alpha value is -0.390. The normalized spacial score (nSPS) is 26.6. The van der Waals surface area contributed by atoms with Crippen LogP contribution in [0.25, 0.3) is 0 Å². The molecule has 0 radical (unpaired) electrons. The van der Waals surface area contributed by atoms with Gasteiger partial charge in [-0.25, -0.2) is 0 Å². The average Bonchev–Trinajstić information content (AvgIpc) is 3.01. The lowest BCUT2D eigenvalue weighted by molar-refractivity contribution is -0.139. The fraction of sp³-hybridized carbons (Fsp3) is 0.643. The summed E-state index contributed by atoms with van der Waals surface area (Å²) in [5, 5.41) is 12.0. The largest absolute Gasteiger partial charge is 0.392 e. The maximum Gasteiger partial charge on any atom is 0.228 e. The quantitative estimate of drug-likeness (QED) is 0.912. The molecule has 0 aromatic carbocycles. The van der Waals surface area contributed by atoms with Crippen LogP contribution < -0.4 is 0 Å². The molecule has 2 aliphatic rings. The fourth-order valence-corrected chi connectivity index (χ4v) is 4.04. The molecule has 3 nitrogen and oxygen atoms in total. The summed E-state index contributed by atoms with van der Waals surface area (Å²) in [6.07, 6.45) is 4.39. The minimum absolute atomic E-state index is 0.162. The minimum atomic E-state index is -0.428. The summed E-state index contributed by atoms with van der Waals surface area (Å²) in [5.74, 6) is -0.00232. The molecule has 1 aromatic heterocycles. The maximum atomic E-state index is 12.6. The number of aliphatic hydroxyl groups is 1. The summed E-state index contributed by atoms with van der Waals surface area (Å²) in [7, 11) is 0. The van der Waals surface area contributed by atoms with Gasteiger partial charge in [-0.2, -0.15) is 0 Å². The second-order valence-corrected chi connectivity index (χ2v) is 7.85. The summed E-state index contributed by atoms with van der Waals surface area (Å²) < 4.78 is 1.10. The van der Waals surface area contributed by atoms with Crippen LogP contribution in [0.15, 0.2) is 15.2 Å². The summed E-state index contributed by atoms with van der Waals surface area (Å²) in [5.41, 5.74) is 1.18. The van der Waals surface area contributed by atoms with Gasteiger partial charge in [0, 0.05) is 12.6 Å². The van der Waals surface area contributed by atoms with Crippen molar-refractivity contribution in [2.24, 2.45) is 5.92 Å². The van der Waals surface area contributed by atoms with E-state index in [1.165, 1.54) is 5.56 Å². The smallest absolute Gasteiger partial charge is 0.228 e. The van der Waals surface area contributed by atoms with Gasteiger partial charge in [0.15, 0.2) is 0 Å². The number of carbonyl (C=O) groups is 1. The van der Waals surface area contributed by atoms with Gasteiger partial charge < -0.3 is 10.0 Å². The van der Waals surface area contributed by atoms with Crippen molar-refractivity contribution in [2.75, 3.05) is 0 Å². The first-order valence-corrected chi connectivity index (χ1v) is 8.54. The lowest BCUT2D eigenvalue weighted by atomic mass is 10.0. The van der Waals surface area contributed by atoms with Gasteiger partial charge >= 0.3 is 0 Å². The van der Waals surface area contributed by atoms with Gasteiger partial charge in [-0.15, -0.1) is 11.3 Å². The van der Waals surface area contributed by atoms with Crippen molar-refractivity contribution < 1.29 is 9.90 Å². The molecular formula is C14H18BrNO2S. The molecule has 2 atom stereocenters. The lowest BCUT2D eigenvalue weighted by Crippen LogP contribution is -2.39. The number of carbonyl (C=O) groups excluding carboxylic acids is 1. The van der Waals surface area contributed by atoms with Gasteiger partial charge in [0.05, 0.1) is 15.8 Å². The Morgan fingerprint density at radius 2 is 2.21 bits per heavy atom. The third-order valence-electron chi connectivity index (χ3n) is 4.04. The van der Waals surface area contributed by atoms with Crippen LogP contribution in [-0.2, 0) is 11.3 Å². The number of hydrogen-bond acceptors (Lipinski definition) is 3. The van der Waals surface area contributed by atoms with Crippen molar-refractivity contribution in [3.05, 3.63) is 20.8 Å². The Kier molecular flexibility index (Phi) is 3.96. The Balaban J connectivity index is 1.71. The van der Waals surface area contributed by atoms with Crippen LogP contribution in [0.2, 0.25) is 0 Å². The molecule has 1 aromatic rings. The third kappa shape index (κ3) is 3.03. The minimum Gasteiger partial charge on any atom is -0.392 e. The van der Waals surface area contributed by atoms with Crippen LogP contribution >= 0.6 is 27.3 Å². The molecule has 104 valence electrons. The zero-order valence-electron chi connectivity index (χ0n) is 10.7. The van der Waals surface area contributed by atoms with E-state index in [1.54, 1.807) is 11.3 Å². The number of thiophene rings is 1. The molecule has 0 spiro atoms. The van der Waals surface area contributed by atoms with E-state index in [2.05, 4.69) is 27.4 Å². The second kappa shape index (κ2) is 5.54. The second-order valence-electron chi connectivity index (χ2n) is 5.56. The number of hydrogen-bond donors (Lipinski definition) is 1. The molecule has 3 rings (SSSR count). The number of halogens is 1. The molecule has 1 heterocycles. The summed E-state index contributed by atoms with van der Waals surface area (Å²) in [6, 6.07) is 2.48. The summed E-state index contributed by atoms with van der Waals surface area (Å²) in [6.45, 7) is 0.689. The lowest BCUT2D eigenvalue weighted by Gasteiger charge is -2.26. The predicted molar refractivity (Wildman–Crippen MR) is 78.9 cm³/mol. The van der Waals surface area contributed by atoms with Crippen molar-refractivity contribution in [3.8, 4) is 0 Å². The number of rotatable bonds is 4. The summed E-state index contributed by atoms with van der Waals surface area (Å²) in [4.78, 5) is 14.6. The highest BCUT2D eigenvalue weighted by Crippen LogP contribution is 2.35. The standard InChI is InChI=1S/C14H18BrNO2S/c15-13-6-9(8-19-13)7-16(10-4-5-10)14(18)11-2-1-3-12(11)17/h6,8,10-12,17H,1-5,7H2. The van der Waals surface area contributed by atoms with E-state index in [1.807, 2.05) is 4.90 Å². The molecule has 2 saturated carbocycles. The molecule has 0 aliphatic heterocycles. The molecule has 5 heteroatoms. The van der Waals surface area contributed by atoms with E-state index < -0.39 is 6.10 Å². The van der Waals surface area contributed by atoms with Crippen LogP contribution in [0.5, 0.6) is 0 Å². The van der Waals surface area contributed by atoms with Crippen molar-refractivity contribution in [1.82, 2.24) is 4.90 Å². The number of amides is 1. The van der Waals surface area contributed by atoms with E-state index in [4.69, 9.17) is 0 Å². The molecule has 0 saturated heterocycles. The summed E-state index contributed by atoms with van der Waals surface area (Å²) >= 11 is 5.12. The predicted octanol–water partition coefficient (Wildman–Crippen LogP) is 3.16. The van der Waals surface area contributed by atoms with Crippen molar-refractivity contribution >= 4 is 33.2 Å². The highest BCUT2D eigenvalue weighted by Gasteiger charge is 2.40. The van der Waals surface area contributed by atoms with Gasteiger partial charge in [0.25, 0.3) is 0 Å². The fourth-order valence-electron chi connectivity index (χ4n) is 2.84. The van der Waals surface area contributed by atoms with Crippen LogP contribution in [0.3, 0.4) is 0 Å². The highest BCUT2D eigenvalue weighted by molar-refractivity contribution is 9.11. The number of aliphatic hydroxyl groups excluding tert-OH is 1.